The van der Waals surface area contributed by atoms with Crippen LogP contribution in [0, 0.1) is 0 Å². The minimum atomic E-state index is -0.619. The predicted octanol–water partition coefficient (Wildman–Crippen LogP) is 3.20. The second-order valence-electron chi connectivity index (χ2n) is 6.33. The molecule has 1 amide bonds. The topological polar surface area (TPSA) is 82.8 Å². The number of carbonyl (C=O) groups excluding carboxylic acids is 1. The normalized spacial score (nSPS) is 13.6. The molecular formula is C21H20N2O5. The average molecular weight is 380 g/mol. The molecule has 1 N–H and O–H groups in total. The molecular weight excluding hydrogens is 360 g/mol. The standard InChI is InChI=1S/C21H20N2O5/c1-14(27-17-5-3-2-4-6-17)21(24)22-13-16-12-19(28-23-16)15-7-8-18-20(11-15)26-10-9-25-18/h2-8,11-12,14H,9-10,13H2,1H3,(H,22,24). The van der Waals surface area contributed by atoms with E-state index in [1.807, 2.05) is 36.4 Å². The first kappa shape index (κ1) is 17.9. The Balaban J connectivity index is 1.35. The van der Waals surface area contributed by atoms with Crippen LogP contribution in [0.4, 0.5) is 0 Å². The van der Waals surface area contributed by atoms with Crippen LogP contribution in [0.15, 0.2) is 59.1 Å². The first-order chi connectivity index (χ1) is 13.7. The van der Waals surface area contributed by atoms with Crippen LogP contribution in [-0.4, -0.2) is 30.4 Å². The highest BCUT2D eigenvalue weighted by Crippen LogP contribution is 2.34. The zero-order chi connectivity index (χ0) is 19.3. The van der Waals surface area contributed by atoms with Gasteiger partial charge in [-0.2, -0.15) is 0 Å². The molecule has 0 saturated heterocycles. The van der Waals surface area contributed by atoms with Gasteiger partial charge in [-0.25, -0.2) is 0 Å². The van der Waals surface area contributed by atoms with Crippen molar-refractivity contribution >= 4 is 5.91 Å². The highest BCUT2D eigenvalue weighted by atomic mass is 16.6. The van der Waals surface area contributed by atoms with Gasteiger partial charge in [0.1, 0.15) is 24.7 Å². The number of hydrogen-bond donors (Lipinski definition) is 1. The highest BCUT2D eigenvalue weighted by Gasteiger charge is 2.17. The summed E-state index contributed by atoms with van der Waals surface area (Å²) in [6.45, 7) is 3.01. The lowest BCUT2D eigenvalue weighted by Gasteiger charge is -2.18. The molecule has 1 atom stereocenters. The molecule has 1 unspecified atom stereocenters. The monoisotopic (exact) mass is 380 g/mol. The smallest absolute Gasteiger partial charge is 0.261 e. The second-order valence-corrected chi connectivity index (χ2v) is 6.33. The summed E-state index contributed by atoms with van der Waals surface area (Å²) in [6.07, 6.45) is -0.619. The summed E-state index contributed by atoms with van der Waals surface area (Å²) in [6, 6.07) is 16.6. The van der Waals surface area contributed by atoms with E-state index in [0.717, 1.165) is 11.3 Å². The van der Waals surface area contributed by atoms with Gasteiger partial charge in [0.25, 0.3) is 5.91 Å². The molecule has 0 aliphatic carbocycles. The van der Waals surface area contributed by atoms with Crippen molar-refractivity contribution < 1.29 is 23.5 Å². The Hall–Kier alpha value is -3.48. The van der Waals surface area contributed by atoms with Crippen molar-refractivity contribution in [2.24, 2.45) is 0 Å². The van der Waals surface area contributed by atoms with Crippen molar-refractivity contribution in [3.63, 3.8) is 0 Å². The largest absolute Gasteiger partial charge is 0.486 e. The molecule has 2 heterocycles. The maximum Gasteiger partial charge on any atom is 0.261 e. The van der Waals surface area contributed by atoms with Gasteiger partial charge in [-0.15, -0.1) is 0 Å². The maximum atomic E-state index is 12.2. The van der Waals surface area contributed by atoms with Gasteiger partial charge in [-0.05, 0) is 37.3 Å². The van der Waals surface area contributed by atoms with Crippen molar-refractivity contribution in [2.45, 2.75) is 19.6 Å². The summed E-state index contributed by atoms with van der Waals surface area (Å²) in [5.41, 5.74) is 1.44. The van der Waals surface area contributed by atoms with E-state index in [1.165, 1.54) is 0 Å². The van der Waals surface area contributed by atoms with E-state index in [2.05, 4.69) is 10.5 Å². The quantitative estimate of drug-likeness (QED) is 0.707. The van der Waals surface area contributed by atoms with Crippen LogP contribution in [0.2, 0.25) is 0 Å². The maximum absolute atomic E-state index is 12.2. The Kier molecular flexibility index (Phi) is 5.14. The van der Waals surface area contributed by atoms with Gasteiger partial charge in [-0.1, -0.05) is 23.4 Å². The summed E-state index contributed by atoms with van der Waals surface area (Å²) in [5, 5.41) is 6.82. The van der Waals surface area contributed by atoms with Gasteiger partial charge in [-0.3, -0.25) is 4.79 Å². The van der Waals surface area contributed by atoms with Crippen LogP contribution >= 0.6 is 0 Å². The lowest BCUT2D eigenvalue weighted by atomic mass is 10.1. The van der Waals surface area contributed by atoms with E-state index in [9.17, 15) is 4.79 Å². The number of amides is 1. The van der Waals surface area contributed by atoms with Gasteiger partial charge in [0.15, 0.2) is 23.4 Å². The third-order valence-corrected chi connectivity index (χ3v) is 4.25. The summed E-state index contributed by atoms with van der Waals surface area (Å²) in [7, 11) is 0. The Morgan fingerprint density at radius 1 is 1.11 bits per heavy atom. The number of para-hydroxylation sites is 1. The number of nitrogens with zero attached hydrogens (tertiary/aromatic N) is 1. The number of aromatic nitrogens is 1. The Labute approximate surface area is 162 Å². The third kappa shape index (κ3) is 4.09. The molecule has 4 rings (SSSR count). The minimum absolute atomic E-state index is 0.229. The van der Waals surface area contributed by atoms with Gasteiger partial charge < -0.3 is 24.1 Å². The molecule has 144 valence electrons. The van der Waals surface area contributed by atoms with Gasteiger partial charge in [0.05, 0.1) is 6.54 Å². The summed E-state index contributed by atoms with van der Waals surface area (Å²) < 4.78 is 22.1. The molecule has 0 spiro atoms. The Morgan fingerprint density at radius 2 is 1.89 bits per heavy atom. The molecule has 28 heavy (non-hydrogen) atoms. The van der Waals surface area contributed by atoms with Crippen LogP contribution < -0.4 is 19.5 Å². The SMILES string of the molecule is CC(Oc1ccccc1)C(=O)NCc1cc(-c2ccc3c(c2)OCCO3)on1. The molecule has 0 saturated carbocycles. The van der Waals surface area contributed by atoms with Gasteiger partial charge in [0, 0.05) is 11.6 Å². The molecule has 0 radical (unpaired) electrons. The fraction of sp³-hybridized carbons (Fsp3) is 0.238. The van der Waals surface area contributed by atoms with Crippen LogP contribution in [0.1, 0.15) is 12.6 Å². The van der Waals surface area contributed by atoms with E-state index in [0.29, 0.717) is 36.2 Å². The van der Waals surface area contributed by atoms with Crippen molar-refractivity contribution in [3.8, 4) is 28.6 Å². The molecule has 7 nitrogen and oxygen atoms in total. The van der Waals surface area contributed by atoms with E-state index >= 15 is 0 Å². The van der Waals surface area contributed by atoms with Crippen molar-refractivity contribution in [1.82, 2.24) is 10.5 Å². The molecule has 0 bridgehead atoms. The van der Waals surface area contributed by atoms with Crippen LogP contribution in [0.25, 0.3) is 11.3 Å². The Bertz CT molecular complexity index is 954. The van der Waals surface area contributed by atoms with E-state index in [4.69, 9.17) is 18.7 Å². The molecule has 1 aliphatic heterocycles. The zero-order valence-electron chi connectivity index (χ0n) is 15.4. The van der Waals surface area contributed by atoms with E-state index in [-0.39, 0.29) is 12.5 Å². The van der Waals surface area contributed by atoms with Crippen LogP contribution in [0.5, 0.6) is 17.2 Å². The summed E-state index contributed by atoms with van der Waals surface area (Å²) in [4.78, 5) is 12.2. The minimum Gasteiger partial charge on any atom is -0.486 e. The lowest BCUT2D eigenvalue weighted by molar-refractivity contribution is -0.127. The highest BCUT2D eigenvalue weighted by molar-refractivity contribution is 5.80. The van der Waals surface area contributed by atoms with Crippen LogP contribution in [-0.2, 0) is 11.3 Å². The van der Waals surface area contributed by atoms with Gasteiger partial charge in [0.2, 0.25) is 0 Å². The number of rotatable bonds is 6. The first-order valence-corrected chi connectivity index (χ1v) is 9.04. The zero-order valence-corrected chi connectivity index (χ0v) is 15.4. The number of ether oxygens (including phenoxy) is 3. The summed E-state index contributed by atoms with van der Waals surface area (Å²) in [5.74, 6) is 2.41. The first-order valence-electron chi connectivity index (χ1n) is 9.04. The molecule has 7 heteroatoms. The Morgan fingerprint density at radius 3 is 2.71 bits per heavy atom. The van der Waals surface area contributed by atoms with Crippen molar-refractivity contribution in [3.05, 3.63) is 60.3 Å². The molecule has 3 aromatic rings. The van der Waals surface area contributed by atoms with Crippen molar-refractivity contribution in [1.29, 1.82) is 0 Å². The number of nitrogens with one attached hydrogen (secondary N) is 1. The lowest BCUT2D eigenvalue weighted by Crippen LogP contribution is -2.35. The molecule has 1 aromatic heterocycles. The number of benzene rings is 2. The average Bonchev–Trinajstić information content (AvgIpc) is 3.21. The third-order valence-electron chi connectivity index (χ3n) is 4.25. The second kappa shape index (κ2) is 8.04. The number of fused-ring (bicyclic) bond motifs is 1. The predicted molar refractivity (Wildman–Crippen MR) is 101 cm³/mol. The van der Waals surface area contributed by atoms with Gasteiger partial charge >= 0.3 is 0 Å². The fourth-order valence-corrected chi connectivity index (χ4v) is 2.81. The molecule has 1 aliphatic rings. The number of carbonyl (C=O) groups is 1. The van der Waals surface area contributed by atoms with E-state index < -0.39 is 6.10 Å². The molecule has 0 fully saturated rings. The summed E-state index contributed by atoms with van der Waals surface area (Å²) >= 11 is 0. The molecule has 2 aromatic carbocycles. The fourth-order valence-electron chi connectivity index (χ4n) is 2.81. The van der Waals surface area contributed by atoms with Crippen molar-refractivity contribution in [2.75, 3.05) is 13.2 Å². The number of hydrogen-bond acceptors (Lipinski definition) is 6. The van der Waals surface area contributed by atoms with E-state index in [1.54, 1.807) is 25.1 Å². The van der Waals surface area contributed by atoms with Crippen LogP contribution in [0.3, 0.4) is 0 Å².